The molecule has 4 rings (SSSR count). The van der Waals surface area contributed by atoms with Crippen LogP contribution in [0.1, 0.15) is 23.6 Å². The summed E-state index contributed by atoms with van der Waals surface area (Å²) in [6.07, 6.45) is 5.71. The molecule has 1 aromatic carbocycles. The summed E-state index contributed by atoms with van der Waals surface area (Å²) < 4.78 is 7.21. The number of ether oxygens (including phenoxy) is 1. The fourth-order valence-corrected chi connectivity index (χ4v) is 3.61. The molecule has 1 unspecified atom stereocenters. The first-order valence-corrected chi connectivity index (χ1v) is 9.32. The molecule has 0 saturated carbocycles. The van der Waals surface area contributed by atoms with E-state index in [0.29, 0.717) is 12.5 Å². The van der Waals surface area contributed by atoms with Crippen LogP contribution in [0.15, 0.2) is 54.9 Å². The van der Waals surface area contributed by atoms with Crippen molar-refractivity contribution in [1.82, 2.24) is 19.6 Å². The fourth-order valence-electron chi connectivity index (χ4n) is 3.61. The minimum Gasteiger partial charge on any atom is -0.497 e. The first kappa shape index (κ1) is 17.4. The number of amides is 2. The van der Waals surface area contributed by atoms with E-state index in [1.807, 2.05) is 52.0 Å². The molecule has 1 aliphatic heterocycles. The third-order valence-corrected chi connectivity index (χ3v) is 5.13. The summed E-state index contributed by atoms with van der Waals surface area (Å²) in [5.41, 5.74) is 3.18. The lowest BCUT2D eigenvalue weighted by molar-refractivity contribution is 0.208. The number of fused-ring (bicyclic) bond motifs is 1. The Labute approximate surface area is 158 Å². The second-order valence-electron chi connectivity index (χ2n) is 6.89. The Morgan fingerprint density at radius 2 is 2.11 bits per heavy atom. The van der Waals surface area contributed by atoms with Gasteiger partial charge in [-0.2, -0.15) is 0 Å². The molecule has 3 aromatic rings. The minimum absolute atomic E-state index is 0.00905. The zero-order chi connectivity index (χ0) is 18.6. The molecule has 2 amide bonds. The molecule has 3 heterocycles. The van der Waals surface area contributed by atoms with E-state index in [1.165, 1.54) is 5.56 Å². The molecule has 140 valence electrons. The van der Waals surface area contributed by atoms with Crippen LogP contribution in [0.25, 0.3) is 5.65 Å². The van der Waals surface area contributed by atoms with Gasteiger partial charge in [-0.15, -0.1) is 0 Å². The Morgan fingerprint density at radius 3 is 2.89 bits per heavy atom. The lowest BCUT2D eigenvalue weighted by atomic mass is 9.98. The fraction of sp³-hybridized carbons (Fsp3) is 0.333. The maximum absolute atomic E-state index is 12.5. The van der Waals surface area contributed by atoms with Crippen molar-refractivity contribution >= 4 is 11.7 Å². The first-order chi connectivity index (χ1) is 13.2. The van der Waals surface area contributed by atoms with E-state index in [0.717, 1.165) is 43.0 Å². The van der Waals surface area contributed by atoms with Crippen LogP contribution in [0, 0.1) is 0 Å². The van der Waals surface area contributed by atoms with Gasteiger partial charge >= 0.3 is 6.03 Å². The number of hydrogen-bond acceptors (Lipinski definition) is 3. The van der Waals surface area contributed by atoms with Crippen LogP contribution < -0.4 is 10.1 Å². The Hall–Kier alpha value is -3.02. The molecular formula is C21H24N4O2. The zero-order valence-electron chi connectivity index (χ0n) is 15.5. The molecule has 0 aliphatic carbocycles. The van der Waals surface area contributed by atoms with E-state index in [1.54, 1.807) is 7.11 Å². The number of likely N-dealkylation sites (tertiary alicyclic amines) is 1. The van der Waals surface area contributed by atoms with Gasteiger partial charge in [-0.05, 0) is 36.2 Å². The van der Waals surface area contributed by atoms with Crippen LogP contribution in [0.3, 0.4) is 0 Å². The van der Waals surface area contributed by atoms with E-state index in [4.69, 9.17) is 4.74 Å². The molecule has 1 atom stereocenters. The van der Waals surface area contributed by atoms with Gasteiger partial charge in [0.25, 0.3) is 0 Å². The number of carbonyl (C=O) groups excluding carboxylic acids is 1. The highest BCUT2D eigenvalue weighted by Crippen LogP contribution is 2.28. The van der Waals surface area contributed by atoms with Gasteiger partial charge in [0.2, 0.25) is 0 Å². The smallest absolute Gasteiger partial charge is 0.317 e. The molecule has 6 heteroatoms. The van der Waals surface area contributed by atoms with Gasteiger partial charge in [0.1, 0.15) is 11.4 Å². The summed E-state index contributed by atoms with van der Waals surface area (Å²) in [6, 6.07) is 14.1. The summed E-state index contributed by atoms with van der Waals surface area (Å²) in [5, 5.41) is 3.03. The van der Waals surface area contributed by atoms with Crippen LogP contribution in [0.4, 0.5) is 4.79 Å². The van der Waals surface area contributed by atoms with E-state index in [-0.39, 0.29) is 6.03 Å². The molecule has 1 N–H and O–H groups in total. The monoisotopic (exact) mass is 364 g/mol. The number of urea groups is 1. The Bertz CT molecular complexity index is 886. The summed E-state index contributed by atoms with van der Waals surface area (Å²) in [4.78, 5) is 18.9. The van der Waals surface area contributed by atoms with Crippen LogP contribution in [0.5, 0.6) is 5.75 Å². The number of hydrogen-bond donors (Lipinski definition) is 1. The van der Waals surface area contributed by atoms with Gasteiger partial charge in [0, 0.05) is 44.4 Å². The van der Waals surface area contributed by atoms with Gasteiger partial charge in [0.05, 0.1) is 12.8 Å². The van der Waals surface area contributed by atoms with Gasteiger partial charge in [0.15, 0.2) is 0 Å². The predicted octanol–water partition coefficient (Wildman–Crippen LogP) is 3.08. The second-order valence-corrected chi connectivity index (χ2v) is 6.89. The molecule has 0 radical (unpaired) electrons. The van der Waals surface area contributed by atoms with Crippen molar-refractivity contribution < 1.29 is 9.53 Å². The van der Waals surface area contributed by atoms with E-state index >= 15 is 0 Å². The number of aromatic nitrogens is 2. The molecule has 1 aliphatic rings. The van der Waals surface area contributed by atoms with Gasteiger partial charge in [-0.25, -0.2) is 9.78 Å². The number of nitrogens with one attached hydrogen (secondary N) is 1. The van der Waals surface area contributed by atoms with Crippen LogP contribution in [-0.2, 0) is 6.42 Å². The Morgan fingerprint density at radius 1 is 1.26 bits per heavy atom. The van der Waals surface area contributed by atoms with Gasteiger partial charge in [-0.1, -0.05) is 18.2 Å². The second kappa shape index (κ2) is 7.70. The maximum atomic E-state index is 12.5. The molecule has 0 bridgehead atoms. The van der Waals surface area contributed by atoms with Crippen LogP contribution in [-0.4, -0.2) is 47.1 Å². The maximum Gasteiger partial charge on any atom is 0.317 e. The number of benzene rings is 1. The van der Waals surface area contributed by atoms with E-state index in [9.17, 15) is 4.79 Å². The standard InChI is InChI=1S/C21H24N4O2/c1-27-19-7-5-16(6-8-19)17-10-13-25(14-17)21(26)22-11-9-18-15-24-12-3-2-4-20(24)23-18/h2-8,12,15,17H,9-11,13-14H2,1H3,(H,22,26). The normalized spacial score (nSPS) is 16.6. The highest BCUT2D eigenvalue weighted by molar-refractivity contribution is 5.74. The zero-order valence-corrected chi connectivity index (χ0v) is 15.5. The van der Waals surface area contributed by atoms with E-state index < -0.39 is 0 Å². The summed E-state index contributed by atoms with van der Waals surface area (Å²) in [6.45, 7) is 2.13. The van der Waals surface area contributed by atoms with Crippen molar-refractivity contribution in [3.05, 3.63) is 66.1 Å². The van der Waals surface area contributed by atoms with Crippen molar-refractivity contribution in [2.45, 2.75) is 18.8 Å². The van der Waals surface area contributed by atoms with Crippen molar-refractivity contribution in [2.24, 2.45) is 0 Å². The van der Waals surface area contributed by atoms with Crippen molar-refractivity contribution in [1.29, 1.82) is 0 Å². The lowest BCUT2D eigenvalue weighted by Gasteiger charge is -2.17. The van der Waals surface area contributed by atoms with Crippen molar-refractivity contribution in [3.63, 3.8) is 0 Å². The minimum atomic E-state index is 0.00905. The van der Waals surface area contributed by atoms with Crippen molar-refractivity contribution in [3.8, 4) is 5.75 Å². The molecular weight excluding hydrogens is 340 g/mol. The van der Waals surface area contributed by atoms with Crippen LogP contribution in [0.2, 0.25) is 0 Å². The molecule has 6 nitrogen and oxygen atoms in total. The third kappa shape index (κ3) is 3.89. The number of pyridine rings is 1. The summed E-state index contributed by atoms with van der Waals surface area (Å²) >= 11 is 0. The first-order valence-electron chi connectivity index (χ1n) is 9.32. The third-order valence-electron chi connectivity index (χ3n) is 5.13. The molecule has 1 fully saturated rings. The average molecular weight is 364 g/mol. The van der Waals surface area contributed by atoms with E-state index in [2.05, 4.69) is 22.4 Å². The Kier molecular flexibility index (Phi) is 4.96. The average Bonchev–Trinajstić information content (AvgIpc) is 3.35. The van der Waals surface area contributed by atoms with Gasteiger partial charge < -0.3 is 19.4 Å². The molecule has 2 aromatic heterocycles. The number of nitrogens with zero attached hydrogens (tertiary/aromatic N) is 3. The highest BCUT2D eigenvalue weighted by atomic mass is 16.5. The number of methoxy groups -OCH3 is 1. The molecule has 27 heavy (non-hydrogen) atoms. The number of rotatable bonds is 5. The van der Waals surface area contributed by atoms with Crippen molar-refractivity contribution in [2.75, 3.05) is 26.7 Å². The Balaban J connectivity index is 1.27. The van der Waals surface area contributed by atoms with Crippen LogP contribution >= 0.6 is 0 Å². The summed E-state index contributed by atoms with van der Waals surface area (Å²) in [7, 11) is 1.67. The lowest BCUT2D eigenvalue weighted by Crippen LogP contribution is -2.39. The topological polar surface area (TPSA) is 58.9 Å². The SMILES string of the molecule is COc1ccc(C2CCN(C(=O)NCCc3cn4ccccc4n3)C2)cc1. The largest absolute Gasteiger partial charge is 0.497 e. The molecule has 0 spiro atoms. The van der Waals surface area contributed by atoms with Gasteiger partial charge in [-0.3, -0.25) is 0 Å². The quantitative estimate of drug-likeness (QED) is 0.757. The highest BCUT2D eigenvalue weighted by Gasteiger charge is 2.27. The number of carbonyl (C=O) groups is 1. The summed E-state index contributed by atoms with van der Waals surface area (Å²) in [5.74, 6) is 1.25. The molecule has 1 saturated heterocycles. The predicted molar refractivity (Wildman–Crippen MR) is 104 cm³/mol. The number of imidazole rings is 1.